The molecule has 2 aromatic heterocycles. The molecule has 10 heteroatoms. The van der Waals surface area contributed by atoms with Crippen LogP contribution in [0.25, 0.3) is 12.2 Å². The Labute approximate surface area is 164 Å². The standard InChI is InChI=1S/C18H17N5O4S/c1-12-3-8-15(27-12)9-10-16-19-18(21-20-16)28-11-17(24)22(2)13-4-6-14(7-5-13)23(25)26/h3-10H,11H2,1-2H3,(H,19,20,21)/b10-9+. The smallest absolute Gasteiger partial charge is 0.269 e. The highest BCUT2D eigenvalue weighted by atomic mass is 32.2. The minimum atomic E-state index is -0.482. The van der Waals surface area contributed by atoms with Crippen LogP contribution in [0.4, 0.5) is 11.4 Å². The molecule has 1 aromatic carbocycles. The highest BCUT2D eigenvalue weighted by Gasteiger charge is 2.14. The van der Waals surface area contributed by atoms with Gasteiger partial charge >= 0.3 is 0 Å². The maximum atomic E-state index is 12.3. The molecule has 0 aliphatic carbocycles. The van der Waals surface area contributed by atoms with Crippen molar-refractivity contribution in [2.24, 2.45) is 0 Å². The molecule has 3 aromatic rings. The summed E-state index contributed by atoms with van der Waals surface area (Å²) >= 11 is 1.20. The average molecular weight is 399 g/mol. The lowest BCUT2D eigenvalue weighted by Gasteiger charge is -2.16. The maximum absolute atomic E-state index is 12.3. The molecule has 3 rings (SSSR count). The van der Waals surface area contributed by atoms with Crippen molar-refractivity contribution < 1.29 is 14.1 Å². The third-order valence-corrected chi connectivity index (χ3v) is 4.63. The number of furan rings is 1. The number of nitrogens with zero attached hydrogens (tertiary/aromatic N) is 4. The maximum Gasteiger partial charge on any atom is 0.269 e. The number of nitro groups is 1. The number of hydrogen-bond donors (Lipinski definition) is 1. The van der Waals surface area contributed by atoms with Gasteiger partial charge in [-0.1, -0.05) is 11.8 Å². The first-order valence-electron chi connectivity index (χ1n) is 8.23. The summed E-state index contributed by atoms with van der Waals surface area (Å²) in [6, 6.07) is 9.51. The van der Waals surface area contributed by atoms with E-state index in [1.165, 1.54) is 40.9 Å². The van der Waals surface area contributed by atoms with E-state index in [-0.39, 0.29) is 17.3 Å². The summed E-state index contributed by atoms with van der Waals surface area (Å²) in [5, 5.41) is 18.0. The van der Waals surface area contributed by atoms with Crippen LogP contribution < -0.4 is 4.90 Å². The molecule has 0 aliphatic rings. The first-order valence-corrected chi connectivity index (χ1v) is 9.21. The van der Waals surface area contributed by atoms with Crippen LogP contribution in [0.5, 0.6) is 0 Å². The summed E-state index contributed by atoms with van der Waals surface area (Å²) in [7, 11) is 1.61. The van der Waals surface area contributed by atoms with Crippen LogP contribution in [0.2, 0.25) is 0 Å². The third-order valence-electron chi connectivity index (χ3n) is 3.80. The fourth-order valence-corrected chi connectivity index (χ4v) is 2.99. The van der Waals surface area contributed by atoms with Crippen LogP contribution in [0.15, 0.2) is 46.0 Å². The molecule has 0 saturated heterocycles. The van der Waals surface area contributed by atoms with Crippen molar-refractivity contribution >= 4 is 41.2 Å². The number of aromatic nitrogens is 3. The van der Waals surface area contributed by atoms with Crippen molar-refractivity contribution in [3.8, 4) is 0 Å². The van der Waals surface area contributed by atoms with E-state index in [4.69, 9.17) is 4.42 Å². The third kappa shape index (κ3) is 4.86. The zero-order valence-electron chi connectivity index (χ0n) is 15.2. The molecule has 28 heavy (non-hydrogen) atoms. The molecular formula is C18H17N5O4S. The SMILES string of the molecule is Cc1ccc(/C=C/c2nc(SCC(=O)N(C)c3ccc([N+](=O)[O-])cc3)n[nH]2)o1. The van der Waals surface area contributed by atoms with Gasteiger partial charge in [-0.15, -0.1) is 5.10 Å². The van der Waals surface area contributed by atoms with Crippen molar-refractivity contribution in [2.75, 3.05) is 17.7 Å². The molecule has 9 nitrogen and oxygen atoms in total. The van der Waals surface area contributed by atoms with Crippen LogP contribution >= 0.6 is 11.8 Å². The van der Waals surface area contributed by atoms with Gasteiger partial charge in [0, 0.05) is 24.9 Å². The minimum Gasteiger partial charge on any atom is -0.462 e. The van der Waals surface area contributed by atoms with Gasteiger partial charge in [0.15, 0.2) is 0 Å². The number of non-ortho nitro benzene ring substituents is 1. The van der Waals surface area contributed by atoms with Gasteiger partial charge in [0.25, 0.3) is 5.69 Å². The van der Waals surface area contributed by atoms with Gasteiger partial charge in [-0.05, 0) is 43.3 Å². The molecule has 1 amide bonds. The number of thioether (sulfide) groups is 1. The number of aromatic amines is 1. The van der Waals surface area contributed by atoms with Crippen LogP contribution in [0.3, 0.4) is 0 Å². The number of hydrogen-bond acceptors (Lipinski definition) is 7. The van der Waals surface area contributed by atoms with Gasteiger partial charge < -0.3 is 9.32 Å². The molecule has 0 aliphatic heterocycles. The fraction of sp³-hybridized carbons (Fsp3) is 0.167. The zero-order chi connectivity index (χ0) is 20.1. The molecule has 1 N–H and O–H groups in total. The van der Waals surface area contributed by atoms with Crippen molar-refractivity contribution in [3.63, 3.8) is 0 Å². The van der Waals surface area contributed by atoms with Gasteiger partial charge in [-0.25, -0.2) is 4.98 Å². The number of benzene rings is 1. The second-order valence-corrected chi connectivity index (χ2v) is 6.74. The molecule has 0 radical (unpaired) electrons. The van der Waals surface area contributed by atoms with E-state index in [2.05, 4.69) is 15.2 Å². The summed E-state index contributed by atoms with van der Waals surface area (Å²) in [5.74, 6) is 2.04. The number of carbonyl (C=O) groups excluding carboxylic acids is 1. The number of aryl methyl sites for hydroxylation is 1. The number of H-pyrrole nitrogens is 1. The lowest BCUT2D eigenvalue weighted by molar-refractivity contribution is -0.384. The highest BCUT2D eigenvalue weighted by molar-refractivity contribution is 7.99. The van der Waals surface area contributed by atoms with E-state index in [9.17, 15) is 14.9 Å². The van der Waals surface area contributed by atoms with Crippen molar-refractivity contribution in [1.82, 2.24) is 15.2 Å². The monoisotopic (exact) mass is 399 g/mol. The summed E-state index contributed by atoms with van der Waals surface area (Å²) < 4.78 is 5.44. The first-order chi connectivity index (χ1) is 13.4. The molecule has 0 atom stereocenters. The Morgan fingerprint density at radius 1 is 1.29 bits per heavy atom. The van der Waals surface area contributed by atoms with Crippen LogP contribution in [-0.2, 0) is 4.79 Å². The predicted octanol–water partition coefficient (Wildman–Crippen LogP) is 3.54. The van der Waals surface area contributed by atoms with E-state index in [0.29, 0.717) is 22.4 Å². The molecule has 2 heterocycles. The van der Waals surface area contributed by atoms with E-state index in [1.54, 1.807) is 19.2 Å². The minimum absolute atomic E-state index is 0.0232. The quantitative estimate of drug-likeness (QED) is 0.367. The van der Waals surface area contributed by atoms with Crippen LogP contribution in [0.1, 0.15) is 17.3 Å². The average Bonchev–Trinajstić information content (AvgIpc) is 3.32. The number of nitrogens with one attached hydrogen (secondary N) is 1. The normalized spacial score (nSPS) is 11.1. The summed E-state index contributed by atoms with van der Waals surface area (Å²) in [6.07, 6.45) is 3.51. The number of nitro benzene ring substituents is 1. The Kier molecular flexibility index (Phi) is 5.90. The molecule has 0 spiro atoms. The van der Waals surface area contributed by atoms with Gasteiger partial charge in [-0.3, -0.25) is 20.0 Å². The van der Waals surface area contributed by atoms with Gasteiger partial charge in [0.05, 0.1) is 10.7 Å². The van der Waals surface area contributed by atoms with Gasteiger partial charge in [-0.2, -0.15) is 0 Å². The molecule has 0 saturated carbocycles. The molecule has 144 valence electrons. The van der Waals surface area contributed by atoms with Crippen LogP contribution in [0, 0.1) is 17.0 Å². The van der Waals surface area contributed by atoms with Gasteiger partial charge in [0.2, 0.25) is 11.1 Å². The van der Waals surface area contributed by atoms with Crippen molar-refractivity contribution in [3.05, 3.63) is 63.9 Å². The van der Waals surface area contributed by atoms with E-state index in [1.807, 2.05) is 19.1 Å². The lowest BCUT2D eigenvalue weighted by atomic mass is 10.2. The second kappa shape index (κ2) is 8.53. The van der Waals surface area contributed by atoms with Crippen LogP contribution in [-0.4, -0.2) is 38.8 Å². The molecular weight excluding hydrogens is 382 g/mol. The summed E-state index contributed by atoms with van der Waals surface area (Å²) in [4.78, 5) is 28.3. The van der Waals surface area contributed by atoms with E-state index in [0.717, 1.165) is 5.76 Å². The predicted molar refractivity (Wildman–Crippen MR) is 106 cm³/mol. The number of carbonyl (C=O) groups is 1. The Morgan fingerprint density at radius 2 is 2.04 bits per heavy atom. The number of anilines is 1. The van der Waals surface area contributed by atoms with Crippen molar-refractivity contribution in [2.45, 2.75) is 12.1 Å². The fourth-order valence-electron chi connectivity index (χ4n) is 2.27. The largest absolute Gasteiger partial charge is 0.462 e. The van der Waals surface area contributed by atoms with Gasteiger partial charge in [0.1, 0.15) is 17.3 Å². The second-order valence-electron chi connectivity index (χ2n) is 5.80. The zero-order valence-corrected chi connectivity index (χ0v) is 16.0. The molecule has 0 unspecified atom stereocenters. The molecule has 0 bridgehead atoms. The van der Waals surface area contributed by atoms with E-state index >= 15 is 0 Å². The Balaban J connectivity index is 1.55. The topological polar surface area (TPSA) is 118 Å². The van der Waals surface area contributed by atoms with Crippen molar-refractivity contribution in [1.29, 1.82) is 0 Å². The number of amides is 1. The summed E-state index contributed by atoms with van der Waals surface area (Å²) in [6.45, 7) is 1.87. The highest BCUT2D eigenvalue weighted by Crippen LogP contribution is 2.20. The number of rotatable bonds is 7. The summed E-state index contributed by atoms with van der Waals surface area (Å²) in [5.41, 5.74) is 0.550. The molecule has 0 fully saturated rings. The Morgan fingerprint density at radius 3 is 2.68 bits per heavy atom. The Hall–Kier alpha value is -3.40. The lowest BCUT2D eigenvalue weighted by Crippen LogP contribution is -2.27. The van der Waals surface area contributed by atoms with E-state index < -0.39 is 4.92 Å². The first kappa shape index (κ1) is 19.4. The Bertz CT molecular complexity index is 1010.